The number of anilines is 3. The van der Waals surface area contributed by atoms with Crippen LogP contribution < -0.4 is 10.6 Å². The van der Waals surface area contributed by atoms with Gasteiger partial charge in [0.2, 0.25) is 5.95 Å². The molecule has 0 aromatic carbocycles. The summed E-state index contributed by atoms with van der Waals surface area (Å²) in [4.78, 5) is 29.2. The van der Waals surface area contributed by atoms with Crippen LogP contribution in [0.2, 0.25) is 0 Å². The number of nitrogens with one attached hydrogen (secondary N) is 3. The first-order valence-electron chi connectivity index (χ1n) is 12.7. The van der Waals surface area contributed by atoms with Crippen LogP contribution in [-0.2, 0) is 7.05 Å². The minimum Gasteiger partial charge on any atom is -0.351 e. The number of amides is 1. The van der Waals surface area contributed by atoms with E-state index in [-0.39, 0.29) is 24.0 Å². The first kappa shape index (κ1) is 23.1. The van der Waals surface area contributed by atoms with Crippen molar-refractivity contribution in [3.8, 4) is 11.3 Å². The molecule has 6 heterocycles. The van der Waals surface area contributed by atoms with Gasteiger partial charge in [0.1, 0.15) is 11.5 Å². The van der Waals surface area contributed by atoms with Gasteiger partial charge in [-0.05, 0) is 51.2 Å². The van der Waals surface area contributed by atoms with E-state index in [1.165, 1.54) is 0 Å². The van der Waals surface area contributed by atoms with E-state index >= 15 is 0 Å². The summed E-state index contributed by atoms with van der Waals surface area (Å²) in [5.41, 5.74) is 3.15. The van der Waals surface area contributed by atoms with Crippen LogP contribution in [0.5, 0.6) is 0 Å². The van der Waals surface area contributed by atoms with E-state index < -0.39 is 0 Å². The zero-order valence-corrected chi connectivity index (χ0v) is 20.9. The Morgan fingerprint density at radius 3 is 2.62 bits per heavy atom. The van der Waals surface area contributed by atoms with Gasteiger partial charge in [-0.2, -0.15) is 15.2 Å². The second-order valence-corrected chi connectivity index (χ2v) is 9.90. The zero-order valence-electron chi connectivity index (χ0n) is 20.9. The first-order chi connectivity index (χ1) is 18.0. The summed E-state index contributed by atoms with van der Waals surface area (Å²) in [6, 6.07) is 9.83. The lowest BCUT2D eigenvalue weighted by molar-refractivity contribution is 0.0253. The van der Waals surface area contributed by atoms with Gasteiger partial charge in [0.25, 0.3) is 5.91 Å². The van der Waals surface area contributed by atoms with Crippen LogP contribution in [0.25, 0.3) is 11.3 Å². The fourth-order valence-electron chi connectivity index (χ4n) is 5.53. The first-order valence-corrected chi connectivity index (χ1v) is 12.7. The number of aromatic nitrogens is 7. The normalized spacial score (nSPS) is 21.0. The highest BCUT2D eigenvalue weighted by Gasteiger charge is 2.41. The molecule has 2 saturated heterocycles. The topological polar surface area (TPSA) is 130 Å². The Hall–Kier alpha value is -4.28. The van der Waals surface area contributed by atoms with Gasteiger partial charge in [-0.3, -0.25) is 19.6 Å². The SMILES string of the molecule is Cc1cc(Nc2cc(-c3cnn(C)c3)nc(NC3C[C@H]4CCC[C@@H](C3)N4C(=O)c3ccccn3)n2)n[nH]1. The fraction of sp³-hybridized carbons (Fsp3) is 0.385. The van der Waals surface area contributed by atoms with Crippen molar-refractivity contribution in [1.29, 1.82) is 0 Å². The molecule has 0 spiro atoms. The quantitative estimate of drug-likeness (QED) is 0.367. The van der Waals surface area contributed by atoms with Crippen molar-refractivity contribution in [1.82, 2.24) is 39.8 Å². The predicted molar refractivity (Wildman–Crippen MR) is 139 cm³/mol. The summed E-state index contributed by atoms with van der Waals surface area (Å²) in [6.07, 6.45) is 10.2. The van der Waals surface area contributed by atoms with Crippen LogP contribution in [0.3, 0.4) is 0 Å². The number of hydrogen-bond donors (Lipinski definition) is 3. The van der Waals surface area contributed by atoms with E-state index in [1.807, 2.05) is 44.4 Å². The highest BCUT2D eigenvalue weighted by molar-refractivity contribution is 5.92. The maximum Gasteiger partial charge on any atom is 0.272 e. The molecule has 11 heteroatoms. The number of carbonyl (C=O) groups excluding carboxylic acids is 1. The Bertz CT molecular complexity index is 1380. The molecule has 1 unspecified atom stereocenters. The highest BCUT2D eigenvalue weighted by atomic mass is 16.2. The van der Waals surface area contributed by atoms with Gasteiger partial charge < -0.3 is 15.5 Å². The fourth-order valence-corrected chi connectivity index (χ4v) is 5.53. The lowest BCUT2D eigenvalue weighted by Crippen LogP contribution is -2.57. The molecule has 2 bridgehead atoms. The van der Waals surface area contributed by atoms with Crippen molar-refractivity contribution < 1.29 is 4.79 Å². The van der Waals surface area contributed by atoms with E-state index in [0.29, 0.717) is 23.3 Å². The molecular formula is C26H30N10O. The molecule has 3 N–H and O–H groups in total. The molecule has 3 atom stereocenters. The van der Waals surface area contributed by atoms with Gasteiger partial charge >= 0.3 is 0 Å². The molecule has 2 fully saturated rings. The van der Waals surface area contributed by atoms with Crippen molar-refractivity contribution in [3.63, 3.8) is 0 Å². The summed E-state index contributed by atoms with van der Waals surface area (Å²) < 4.78 is 1.75. The molecule has 2 aliphatic rings. The van der Waals surface area contributed by atoms with E-state index in [9.17, 15) is 4.79 Å². The third-order valence-electron chi connectivity index (χ3n) is 7.12. The average molecular weight is 499 g/mol. The van der Waals surface area contributed by atoms with Crippen LogP contribution in [0.4, 0.5) is 17.6 Å². The summed E-state index contributed by atoms with van der Waals surface area (Å²) in [5.74, 6) is 1.91. The van der Waals surface area contributed by atoms with Crippen LogP contribution >= 0.6 is 0 Å². The molecule has 6 rings (SSSR count). The van der Waals surface area contributed by atoms with Gasteiger partial charge in [-0.25, -0.2) is 4.98 Å². The van der Waals surface area contributed by atoms with E-state index in [2.05, 4.69) is 35.8 Å². The molecule has 190 valence electrons. The Balaban J connectivity index is 1.24. The van der Waals surface area contributed by atoms with E-state index in [1.54, 1.807) is 23.1 Å². The van der Waals surface area contributed by atoms with Gasteiger partial charge in [-0.1, -0.05) is 6.07 Å². The Labute approximate surface area is 214 Å². The van der Waals surface area contributed by atoms with Crippen LogP contribution in [-0.4, -0.2) is 63.9 Å². The molecule has 0 radical (unpaired) electrons. The molecule has 0 aliphatic carbocycles. The van der Waals surface area contributed by atoms with Crippen LogP contribution in [0.15, 0.2) is 48.9 Å². The van der Waals surface area contributed by atoms with Gasteiger partial charge in [0, 0.05) is 61.0 Å². The van der Waals surface area contributed by atoms with Crippen molar-refractivity contribution in [2.75, 3.05) is 10.6 Å². The molecule has 37 heavy (non-hydrogen) atoms. The van der Waals surface area contributed by atoms with Crippen LogP contribution in [0.1, 0.15) is 48.3 Å². The number of aromatic amines is 1. The third kappa shape index (κ3) is 4.89. The molecule has 1 amide bonds. The summed E-state index contributed by atoms with van der Waals surface area (Å²) in [6.45, 7) is 1.95. The third-order valence-corrected chi connectivity index (χ3v) is 7.12. The smallest absolute Gasteiger partial charge is 0.272 e. The molecule has 2 aliphatic heterocycles. The number of rotatable bonds is 6. The maximum absolute atomic E-state index is 13.3. The number of carbonyl (C=O) groups is 1. The summed E-state index contributed by atoms with van der Waals surface area (Å²) in [7, 11) is 1.88. The standard InChI is InChI=1S/C26H30N10O/c1-16-10-24(34-33-16)31-23-13-22(17-14-28-35(2)15-17)30-26(32-23)29-18-11-19-6-5-7-20(12-18)36(19)25(37)21-8-3-4-9-27-21/h3-4,8-10,13-15,18-20H,5-7,11-12H2,1-2H3,(H3,29,30,31,32,33,34)/t18?,19-,20+. The number of nitrogens with zero attached hydrogens (tertiary/aromatic N) is 7. The zero-order chi connectivity index (χ0) is 25.4. The highest BCUT2D eigenvalue weighted by Crippen LogP contribution is 2.36. The van der Waals surface area contributed by atoms with Gasteiger partial charge in [-0.15, -0.1) is 0 Å². The number of fused-ring (bicyclic) bond motifs is 2. The van der Waals surface area contributed by atoms with E-state index in [4.69, 9.17) is 9.97 Å². The van der Waals surface area contributed by atoms with Crippen LogP contribution in [0, 0.1) is 6.92 Å². The maximum atomic E-state index is 13.3. The molecule has 0 saturated carbocycles. The monoisotopic (exact) mass is 498 g/mol. The predicted octanol–water partition coefficient (Wildman–Crippen LogP) is 3.69. The largest absolute Gasteiger partial charge is 0.351 e. The molecule has 11 nitrogen and oxygen atoms in total. The molecule has 4 aromatic heterocycles. The van der Waals surface area contributed by atoms with Crippen molar-refractivity contribution in [2.45, 2.75) is 57.2 Å². The summed E-state index contributed by atoms with van der Waals surface area (Å²) >= 11 is 0. The number of pyridine rings is 1. The lowest BCUT2D eigenvalue weighted by atomic mass is 9.81. The minimum absolute atomic E-state index is 0.0318. The number of aryl methyl sites for hydroxylation is 2. The number of piperidine rings is 2. The average Bonchev–Trinajstić information content (AvgIpc) is 3.51. The van der Waals surface area contributed by atoms with Gasteiger partial charge in [0.05, 0.1) is 11.9 Å². The van der Waals surface area contributed by atoms with Gasteiger partial charge in [0.15, 0.2) is 5.82 Å². The van der Waals surface area contributed by atoms with Crippen molar-refractivity contribution >= 4 is 23.5 Å². The second kappa shape index (κ2) is 9.64. The lowest BCUT2D eigenvalue weighted by Gasteiger charge is -2.48. The molecule has 4 aromatic rings. The van der Waals surface area contributed by atoms with E-state index in [0.717, 1.165) is 49.1 Å². The van der Waals surface area contributed by atoms with Crippen molar-refractivity contribution in [3.05, 3.63) is 60.3 Å². The Kier molecular flexibility index (Phi) is 6.03. The van der Waals surface area contributed by atoms with Crippen molar-refractivity contribution in [2.24, 2.45) is 7.05 Å². The summed E-state index contributed by atoms with van der Waals surface area (Å²) in [5, 5.41) is 18.4. The minimum atomic E-state index is 0.0318. The Morgan fingerprint density at radius 1 is 1.11 bits per heavy atom. The second-order valence-electron chi connectivity index (χ2n) is 9.90. The number of H-pyrrole nitrogens is 1. The Morgan fingerprint density at radius 2 is 1.95 bits per heavy atom. The number of hydrogen-bond acceptors (Lipinski definition) is 8. The molecular weight excluding hydrogens is 468 g/mol.